The monoisotopic (exact) mass is 646 g/mol. The molecule has 0 atom stereocenters. The minimum Gasteiger partial charge on any atom is -0.497 e. The summed E-state index contributed by atoms with van der Waals surface area (Å²) >= 11 is 5.97. The van der Waals surface area contributed by atoms with E-state index in [0.717, 1.165) is 78.3 Å². The number of ether oxygens (including phenoxy) is 3. The van der Waals surface area contributed by atoms with Gasteiger partial charge in [0, 0.05) is 24.1 Å². The molecule has 1 saturated carbocycles. The van der Waals surface area contributed by atoms with E-state index in [1.807, 2.05) is 30.3 Å². The summed E-state index contributed by atoms with van der Waals surface area (Å²) in [5.74, 6) is 1.20. The third-order valence-corrected chi connectivity index (χ3v) is 9.42. The fraction of sp³-hybridized carbons (Fsp3) is 0.333. The van der Waals surface area contributed by atoms with Gasteiger partial charge in [0.15, 0.2) is 0 Å². The molecule has 0 saturated heterocycles. The predicted molar refractivity (Wildman–Crippen MR) is 181 cm³/mol. The molecule has 0 aliphatic heterocycles. The third kappa shape index (κ3) is 7.15. The maximum Gasteiger partial charge on any atom is 0.131 e. The van der Waals surface area contributed by atoms with Crippen LogP contribution in [-0.4, -0.2) is 26.4 Å². The highest BCUT2D eigenvalue weighted by atomic mass is 35.5. The minimum atomic E-state index is -0.421. The molecule has 0 heterocycles. The molecule has 0 unspecified atom stereocenters. The number of allylic oxidation sites excluding steroid dienone is 2. The van der Waals surface area contributed by atoms with Gasteiger partial charge in [-0.15, -0.1) is 11.6 Å². The summed E-state index contributed by atoms with van der Waals surface area (Å²) in [6, 6.07) is 21.3. The molecular formula is C39H41ClF2O4. The molecule has 0 amide bonds. The van der Waals surface area contributed by atoms with Gasteiger partial charge in [0.1, 0.15) is 23.1 Å². The number of benzene rings is 4. The van der Waals surface area contributed by atoms with Crippen molar-refractivity contribution in [3.05, 3.63) is 113 Å². The van der Waals surface area contributed by atoms with E-state index >= 15 is 0 Å². The summed E-state index contributed by atoms with van der Waals surface area (Å²) in [7, 11) is 4.87. The van der Waals surface area contributed by atoms with Crippen LogP contribution in [0.1, 0.15) is 67.2 Å². The largest absolute Gasteiger partial charge is 0.497 e. The molecule has 4 aromatic rings. The fourth-order valence-electron chi connectivity index (χ4n) is 6.60. The van der Waals surface area contributed by atoms with Crippen LogP contribution in [0.15, 0.2) is 78.9 Å². The van der Waals surface area contributed by atoms with Gasteiger partial charge in [0.05, 0.1) is 26.4 Å². The molecule has 1 fully saturated rings. The Hall–Kier alpha value is -3.71. The molecule has 46 heavy (non-hydrogen) atoms. The van der Waals surface area contributed by atoms with E-state index < -0.39 is 5.60 Å². The topological polar surface area (TPSA) is 47.9 Å². The molecule has 0 radical (unpaired) electrons. The van der Waals surface area contributed by atoms with Crippen molar-refractivity contribution in [2.75, 3.05) is 21.3 Å². The number of hydrogen-bond donors (Lipinski definition) is 1. The van der Waals surface area contributed by atoms with E-state index in [1.54, 1.807) is 45.6 Å². The standard InChI is InChI=1S/C20H23FO3.C19H18ClFO/c1-23-15-6-8-19(21)17(12-15)16-7-5-14(13-22)11-18(16)20(24-2)9-3-4-10-20;1-22-15-7-9-19(21)18(11-15)16-8-6-13(12-20)10-17(16)14-4-2-3-5-14/h5-8,11-12,22H,3-4,9-10,13H2,1-2H3;4,6-11H,2-3,5,12H2,1H3. The Bertz CT molecular complexity index is 1690. The van der Waals surface area contributed by atoms with Crippen LogP contribution in [0.25, 0.3) is 27.8 Å². The average Bonchev–Trinajstić information content (AvgIpc) is 3.83. The molecular weight excluding hydrogens is 606 g/mol. The smallest absolute Gasteiger partial charge is 0.131 e. The summed E-state index contributed by atoms with van der Waals surface area (Å²) in [5, 5.41) is 9.52. The van der Waals surface area contributed by atoms with Crippen molar-refractivity contribution in [3.8, 4) is 33.8 Å². The Kier molecular flexibility index (Phi) is 11.2. The van der Waals surface area contributed by atoms with E-state index in [-0.39, 0.29) is 18.2 Å². The Morgan fingerprint density at radius 1 is 0.696 bits per heavy atom. The Balaban J connectivity index is 0.000000182. The number of aliphatic hydroxyl groups excluding tert-OH is 1. The van der Waals surface area contributed by atoms with Crippen LogP contribution in [0, 0.1) is 11.6 Å². The Morgan fingerprint density at radius 3 is 1.85 bits per heavy atom. The summed E-state index contributed by atoms with van der Waals surface area (Å²) in [5.41, 5.74) is 7.52. The SMILES string of the molecule is COc1ccc(F)c(-c2ccc(CCl)cc2C2=CCCC2)c1.COc1ccc(F)c(-c2ccc(CO)cc2C2(OC)CCCC2)c1. The highest BCUT2D eigenvalue weighted by molar-refractivity contribution is 6.17. The van der Waals surface area contributed by atoms with Crippen molar-refractivity contribution < 1.29 is 28.1 Å². The average molecular weight is 647 g/mol. The summed E-state index contributed by atoms with van der Waals surface area (Å²) in [4.78, 5) is 0. The highest BCUT2D eigenvalue weighted by Crippen LogP contribution is 2.46. The van der Waals surface area contributed by atoms with Crippen LogP contribution in [0.3, 0.4) is 0 Å². The number of methoxy groups -OCH3 is 3. The first-order valence-electron chi connectivity index (χ1n) is 15.7. The molecule has 2 aliphatic carbocycles. The first-order chi connectivity index (χ1) is 22.4. The van der Waals surface area contributed by atoms with Crippen LogP contribution in [0.5, 0.6) is 11.5 Å². The molecule has 4 aromatic carbocycles. The van der Waals surface area contributed by atoms with Gasteiger partial charge in [-0.3, -0.25) is 0 Å². The zero-order valence-electron chi connectivity index (χ0n) is 26.7. The second-order valence-electron chi connectivity index (χ2n) is 11.8. The van der Waals surface area contributed by atoms with E-state index in [9.17, 15) is 13.9 Å². The third-order valence-electron chi connectivity index (χ3n) is 9.11. The van der Waals surface area contributed by atoms with Gasteiger partial charge in [-0.05, 0) is 120 Å². The van der Waals surface area contributed by atoms with E-state index in [4.69, 9.17) is 25.8 Å². The van der Waals surface area contributed by atoms with Crippen LogP contribution in [0.2, 0.25) is 0 Å². The van der Waals surface area contributed by atoms with Crippen LogP contribution >= 0.6 is 11.6 Å². The van der Waals surface area contributed by atoms with Crippen LogP contribution < -0.4 is 9.47 Å². The molecule has 242 valence electrons. The molecule has 6 rings (SSSR count). The van der Waals surface area contributed by atoms with E-state index in [1.165, 1.54) is 17.7 Å². The molecule has 1 N–H and O–H groups in total. The lowest BCUT2D eigenvalue weighted by Gasteiger charge is -2.31. The molecule has 2 aliphatic rings. The second kappa shape index (κ2) is 15.3. The molecule has 0 spiro atoms. The fourth-order valence-corrected chi connectivity index (χ4v) is 6.76. The first-order valence-corrected chi connectivity index (χ1v) is 16.2. The quantitative estimate of drug-likeness (QED) is 0.184. The minimum absolute atomic E-state index is 0.0479. The normalized spacial score (nSPS) is 15.2. The number of hydrogen-bond acceptors (Lipinski definition) is 4. The van der Waals surface area contributed by atoms with Crippen molar-refractivity contribution in [2.45, 2.75) is 63.0 Å². The van der Waals surface area contributed by atoms with Crippen molar-refractivity contribution >= 4 is 17.2 Å². The Morgan fingerprint density at radius 2 is 1.30 bits per heavy atom. The maximum atomic E-state index is 14.5. The van der Waals surface area contributed by atoms with Gasteiger partial charge >= 0.3 is 0 Å². The van der Waals surface area contributed by atoms with Crippen molar-refractivity contribution in [1.29, 1.82) is 0 Å². The lowest BCUT2D eigenvalue weighted by atomic mass is 9.84. The number of rotatable bonds is 9. The second-order valence-corrected chi connectivity index (χ2v) is 12.0. The lowest BCUT2D eigenvalue weighted by molar-refractivity contribution is -0.00834. The number of alkyl halides is 1. The van der Waals surface area contributed by atoms with Gasteiger partial charge in [-0.2, -0.15) is 0 Å². The zero-order chi connectivity index (χ0) is 32.7. The first kappa shape index (κ1) is 33.6. The Labute approximate surface area is 275 Å². The lowest BCUT2D eigenvalue weighted by Crippen LogP contribution is -2.25. The van der Waals surface area contributed by atoms with Crippen molar-refractivity contribution in [1.82, 2.24) is 0 Å². The van der Waals surface area contributed by atoms with Crippen LogP contribution in [-0.2, 0) is 22.8 Å². The van der Waals surface area contributed by atoms with Gasteiger partial charge in [-0.1, -0.05) is 43.2 Å². The number of halogens is 3. The van der Waals surface area contributed by atoms with Crippen molar-refractivity contribution in [2.24, 2.45) is 0 Å². The highest BCUT2D eigenvalue weighted by Gasteiger charge is 2.38. The molecule has 7 heteroatoms. The molecule has 0 aromatic heterocycles. The van der Waals surface area contributed by atoms with Gasteiger partial charge in [0.25, 0.3) is 0 Å². The van der Waals surface area contributed by atoms with Crippen molar-refractivity contribution in [3.63, 3.8) is 0 Å². The van der Waals surface area contributed by atoms with Gasteiger partial charge in [-0.25, -0.2) is 8.78 Å². The summed E-state index contributed by atoms with van der Waals surface area (Å²) in [6.07, 6.45) is 9.47. The van der Waals surface area contributed by atoms with E-state index in [2.05, 4.69) is 12.1 Å². The molecule has 0 bridgehead atoms. The van der Waals surface area contributed by atoms with E-state index in [0.29, 0.717) is 28.5 Å². The maximum absolute atomic E-state index is 14.5. The van der Waals surface area contributed by atoms with Crippen LogP contribution in [0.4, 0.5) is 8.78 Å². The molecule has 4 nitrogen and oxygen atoms in total. The summed E-state index contributed by atoms with van der Waals surface area (Å²) < 4.78 is 45.3. The van der Waals surface area contributed by atoms with Gasteiger partial charge in [0.2, 0.25) is 0 Å². The zero-order valence-corrected chi connectivity index (χ0v) is 27.4. The predicted octanol–water partition coefficient (Wildman–Crippen LogP) is 10.2. The van der Waals surface area contributed by atoms with Gasteiger partial charge < -0.3 is 19.3 Å². The summed E-state index contributed by atoms with van der Waals surface area (Å²) in [6.45, 7) is -0.0479. The number of aliphatic hydroxyl groups is 1.